The number of carbonyl (C=O) groups excluding carboxylic acids is 1. The second kappa shape index (κ2) is 8.79. The monoisotopic (exact) mass is 404 g/mol. The summed E-state index contributed by atoms with van der Waals surface area (Å²) in [6, 6.07) is 15.5. The van der Waals surface area contributed by atoms with Crippen molar-refractivity contribution in [3.8, 4) is 5.88 Å². The zero-order chi connectivity index (χ0) is 21.0. The Morgan fingerprint density at radius 3 is 2.83 bits per heavy atom. The molecule has 1 N–H and O–H groups in total. The molecular weight excluding hydrogens is 376 g/mol. The molecule has 4 rings (SSSR count). The topological polar surface area (TPSA) is 67.4 Å². The number of hydrogen-bond acceptors (Lipinski definition) is 5. The molecular formula is C24H28N4O2. The number of pyridine rings is 2. The minimum absolute atomic E-state index is 0.0903. The molecule has 1 aliphatic heterocycles. The molecule has 3 heterocycles. The zero-order valence-corrected chi connectivity index (χ0v) is 17.6. The number of fused-ring (bicyclic) bond motifs is 1. The molecule has 0 radical (unpaired) electrons. The SMILES string of the molecule is CN(Cc1ccc2ccccc2n1)C(=O)c1ccc(OC[C@]2(C)CCCNC2)nc1. The highest BCUT2D eigenvalue weighted by Gasteiger charge is 2.27. The molecule has 3 aromatic rings. The van der Waals surface area contributed by atoms with Crippen molar-refractivity contribution in [3.63, 3.8) is 0 Å². The Labute approximate surface area is 177 Å². The van der Waals surface area contributed by atoms with E-state index in [1.165, 1.54) is 6.42 Å². The van der Waals surface area contributed by atoms with Crippen molar-refractivity contribution in [2.75, 3.05) is 26.7 Å². The van der Waals surface area contributed by atoms with Crippen molar-refractivity contribution in [1.29, 1.82) is 0 Å². The van der Waals surface area contributed by atoms with E-state index in [2.05, 4.69) is 22.2 Å². The summed E-state index contributed by atoms with van der Waals surface area (Å²) in [4.78, 5) is 23.4. The smallest absolute Gasteiger partial charge is 0.255 e. The first-order valence-corrected chi connectivity index (χ1v) is 10.4. The molecule has 1 amide bonds. The molecule has 0 saturated carbocycles. The van der Waals surface area contributed by atoms with Crippen LogP contribution in [-0.4, -0.2) is 47.5 Å². The maximum absolute atomic E-state index is 12.8. The molecule has 0 bridgehead atoms. The Bertz CT molecular complexity index is 1010. The minimum Gasteiger partial charge on any atom is -0.477 e. The fraction of sp³-hybridized carbons (Fsp3) is 0.375. The number of amides is 1. The number of para-hydroxylation sites is 1. The zero-order valence-electron chi connectivity index (χ0n) is 17.6. The Balaban J connectivity index is 1.36. The van der Waals surface area contributed by atoms with Gasteiger partial charge in [-0.15, -0.1) is 0 Å². The average molecular weight is 405 g/mol. The number of benzene rings is 1. The standard InChI is InChI=1S/C24H28N4O2/c1-24(12-5-13-25-16-24)17-30-22-11-9-19(14-26-22)23(29)28(2)15-20-10-8-18-6-3-4-7-21(18)27-20/h3-4,6-11,14,25H,5,12-13,15-17H2,1-2H3/t24-/m1/s1. The average Bonchev–Trinajstić information content (AvgIpc) is 2.78. The van der Waals surface area contributed by atoms with Crippen molar-refractivity contribution >= 4 is 16.8 Å². The van der Waals surface area contributed by atoms with Crippen LogP contribution in [0.3, 0.4) is 0 Å². The van der Waals surface area contributed by atoms with E-state index in [1.54, 1.807) is 30.3 Å². The molecule has 30 heavy (non-hydrogen) atoms. The van der Waals surface area contributed by atoms with Crippen molar-refractivity contribution in [1.82, 2.24) is 20.2 Å². The Morgan fingerprint density at radius 2 is 2.07 bits per heavy atom. The summed E-state index contributed by atoms with van der Waals surface area (Å²) in [5.41, 5.74) is 2.45. The van der Waals surface area contributed by atoms with Crippen LogP contribution in [0.1, 0.15) is 35.8 Å². The number of piperidine rings is 1. The van der Waals surface area contributed by atoms with Crippen LogP contribution in [0.4, 0.5) is 0 Å². The third kappa shape index (κ3) is 4.76. The van der Waals surface area contributed by atoms with Crippen LogP contribution in [0.5, 0.6) is 5.88 Å². The van der Waals surface area contributed by atoms with Gasteiger partial charge < -0.3 is 15.0 Å². The van der Waals surface area contributed by atoms with Gasteiger partial charge in [-0.2, -0.15) is 0 Å². The van der Waals surface area contributed by atoms with Gasteiger partial charge in [0.05, 0.1) is 29.9 Å². The fourth-order valence-electron chi connectivity index (χ4n) is 3.81. The van der Waals surface area contributed by atoms with Gasteiger partial charge in [-0.3, -0.25) is 9.78 Å². The summed E-state index contributed by atoms with van der Waals surface area (Å²) in [6.07, 6.45) is 3.90. The highest BCUT2D eigenvalue weighted by molar-refractivity contribution is 5.93. The third-order valence-corrected chi connectivity index (χ3v) is 5.64. The van der Waals surface area contributed by atoms with E-state index in [4.69, 9.17) is 4.74 Å². The first-order chi connectivity index (χ1) is 14.5. The molecule has 0 unspecified atom stereocenters. The van der Waals surface area contributed by atoms with Crippen LogP contribution < -0.4 is 10.1 Å². The lowest BCUT2D eigenvalue weighted by Gasteiger charge is -2.33. The molecule has 6 nitrogen and oxygen atoms in total. The van der Waals surface area contributed by atoms with Gasteiger partial charge >= 0.3 is 0 Å². The lowest BCUT2D eigenvalue weighted by Crippen LogP contribution is -2.41. The number of aromatic nitrogens is 2. The van der Waals surface area contributed by atoms with Crippen molar-refractivity contribution in [2.24, 2.45) is 5.41 Å². The number of nitrogens with one attached hydrogen (secondary N) is 1. The summed E-state index contributed by atoms with van der Waals surface area (Å²) in [6.45, 7) is 5.32. The van der Waals surface area contributed by atoms with E-state index in [0.717, 1.165) is 36.1 Å². The Morgan fingerprint density at radius 1 is 1.20 bits per heavy atom. The van der Waals surface area contributed by atoms with E-state index in [9.17, 15) is 4.79 Å². The lowest BCUT2D eigenvalue weighted by molar-refractivity contribution is 0.0782. The molecule has 0 aliphatic carbocycles. The summed E-state index contributed by atoms with van der Waals surface area (Å²) >= 11 is 0. The minimum atomic E-state index is -0.0903. The quantitative estimate of drug-likeness (QED) is 0.679. The summed E-state index contributed by atoms with van der Waals surface area (Å²) in [7, 11) is 1.78. The van der Waals surface area contributed by atoms with Gasteiger partial charge in [0.1, 0.15) is 0 Å². The highest BCUT2D eigenvalue weighted by atomic mass is 16.5. The van der Waals surface area contributed by atoms with Crippen LogP contribution in [0, 0.1) is 5.41 Å². The summed E-state index contributed by atoms with van der Waals surface area (Å²) < 4.78 is 5.89. The van der Waals surface area contributed by atoms with E-state index in [1.807, 2.05) is 36.4 Å². The number of rotatable bonds is 6. The summed E-state index contributed by atoms with van der Waals surface area (Å²) in [5.74, 6) is 0.463. The van der Waals surface area contributed by atoms with Crippen LogP contribution >= 0.6 is 0 Å². The Kier molecular flexibility index (Phi) is 5.95. The normalized spacial score (nSPS) is 18.9. The fourth-order valence-corrected chi connectivity index (χ4v) is 3.81. The molecule has 1 aromatic carbocycles. The maximum Gasteiger partial charge on any atom is 0.255 e. The number of ether oxygens (including phenoxy) is 1. The van der Waals surface area contributed by atoms with Gasteiger partial charge in [-0.1, -0.05) is 31.2 Å². The van der Waals surface area contributed by atoms with E-state index in [-0.39, 0.29) is 11.3 Å². The van der Waals surface area contributed by atoms with Gasteiger partial charge in [-0.25, -0.2) is 4.98 Å². The van der Waals surface area contributed by atoms with Crippen LogP contribution in [0.25, 0.3) is 10.9 Å². The predicted molar refractivity (Wildman–Crippen MR) is 117 cm³/mol. The number of carbonyl (C=O) groups is 1. The molecule has 2 aromatic heterocycles. The molecule has 1 fully saturated rings. The van der Waals surface area contributed by atoms with Gasteiger partial charge in [0.25, 0.3) is 5.91 Å². The van der Waals surface area contributed by atoms with Crippen LogP contribution in [0.15, 0.2) is 54.7 Å². The molecule has 1 atom stereocenters. The number of nitrogens with zero attached hydrogens (tertiary/aromatic N) is 3. The van der Waals surface area contributed by atoms with Crippen molar-refractivity contribution in [2.45, 2.75) is 26.3 Å². The van der Waals surface area contributed by atoms with Crippen LogP contribution in [0.2, 0.25) is 0 Å². The van der Waals surface area contributed by atoms with Crippen LogP contribution in [-0.2, 0) is 6.54 Å². The van der Waals surface area contributed by atoms with E-state index >= 15 is 0 Å². The van der Waals surface area contributed by atoms with Gasteiger partial charge in [0, 0.05) is 36.7 Å². The first kappa shape index (κ1) is 20.3. The summed E-state index contributed by atoms with van der Waals surface area (Å²) in [5, 5.41) is 4.51. The second-order valence-electron chi connectivity index (χ2n) is 8.42. The van der Waals surface area contributed by atoms with E-state index < -0.39 is 0 Å². The van der Waals surface area contributed by atoms with Crippen molar-refractivity contribution < 1.29 is 9.53 Å². The van der Waals surface area contributed by atoms with Gasteiger partial charge in [-0.05, 0) is 37.6 Å². The van der Waals surface area contributed by atoms with E-state index in [0.29, 0.717) is 24.6 Å². The van der Waals surface area contributed by atoms with Gasteiger partial charge in [0.2, 0.25) is 5.88 Å². The number of hydrogen-bond donors (Lipinski definition) is 1. The maximum atomic E-state index is 12.8. The molecule has 1 aliphatic rings. The highest BCUT2D eigenvalue weighted by Crippen LogP contribution is 2.26. The largest absolute Gasteiger partial charge is 0.477 e. The Hall–Kier alpha value is -2.99. The molecule has 156 valence electrons. The predicted octanol–water partition coefficient (Wildman–Crippen LogP) is 3.67. The van der Waals surface area contributed by atoms with Crippen molar-refractivity contribution in [3.05, 3.63) is 66.0 Å². The molecule has 1 saturated heterocycles. The third-order valence-electron chi connectivity index (χ3n) is 5.64. The van der Waals surface area contributed by atoms with Gasteiger partial charge in [0.15, 0.2) is 0 Å². The molecule has 0 spiro atoms. The molecule has 6 heteroatoms. The second-order valence-corrected chi connectivity index (χ2v) is 8.42. The first-order valence-electron chi connectivity index (χ1n) is 10.4. The lowest BCUT2D eigenvalue weighted by atomic mass is 9.84.